The van der Waals surface area contributed by atoms with Crippen LogP contribution in [0.4, 0.5) is 0 Å². The molecule has 0 spiro atoms. The van der Waals surface area contributed by atoms with Gasteiger partial charge in [0.05, 0.1) is 6.42 Å². The molecule has 2 heterocycles. The first kappa shape index (κ1) is 18.6. The summed E-state index contributed by atoms with van der Waals surface area (Å²) in [5, 5.41) is 1.98. The summed E-state index contributed by atoms with van der Waals surface area (Å²) in [6, 6.07) is 16.0. The number of aryl methyl sites for hydroxylation is 2. The van der Waals surface area contributed by atoms with Crippen molar-refractivity contribution in [3.05, 3.63) is 72.1 Å². The van der Waals surface area contributed by atoms with Gasteiger partial charge in [0.25, 0.3) is 0 Å². The second-order valence-corrected chi connectivity index (χ2v) is 7.84. The van der Waals surface area contributed by atoms with Crippen molar-refractivity contribution in [1.29, 1.82) is 0 Å². The van der Waals surface area contributed by atoms with Crippen LogP contribution in [-0.4, -0.2) is 27.2 Å². The fourth-order valence-corrected chi connectivity index (χ4v) is 4.60. The van der Waals surface area contributed by atoms with Crippen molar-refractivity contribution >= 4 is 44.5 Å². The fourth-order valence-electron chi connectivity index (χ4n) is 4.60. The maximum absolute atomic E-state index is 13.1. The summed E-state index contributed by atoms with van der Waals surface area (Å²) in [4.78, 5) is 26.1. The van der Waals surface area contributed by atoms with Crippen molar-refractivity contribution in [2.75, 3.05) is 6.54 Å². The summed E-state index contributed by atoms with van der Waals surface area (Å²) in [6.07, 6.45) is 4.75. The highest BCUT2D eigenvalue weighted by molar-refractivity contribution is 6.52. The number of hydrogen-bond acceptors (Lipinski definition) is 3. The van der Waals surface area contributed by atoms with E-state index in [1.54, 1.807) is 0 Å². The number of hydrogen-bond donors (Lipinski definition) is 1. The molecule has 5 heteroatoms. The quantitative estimate of drug-likeness (QED) is 0.519. The van der Waals surface area contributed by atoms with Gasteiger partial charge in [0.15, 0.2) is 11.6 Å². The molecule has 5 nitrogen and oxygen atoms in total. The molecule has 0 unspecified atom stereocenters. The van der Waals surface area contributed by atoms with Gasteiger partial charge in [0.1, 0.15) is 0 Å². The number of benzene rings is 2. The monoisotopic (exact) mass is 397 g/mol. The molecule has 0 amide bonds. The number of fused-ring (bicyclic) bond motifs is 2. The minimum atomic E-state index is -0.107. The van der Waals surface area contributed by atoms with Gasteiger partial charge in [-0.3, -0.25) is 9.59 Å². The largest absolute Gasteiger partial charge is 0.350 e. The number of ketones is 2. The predicted molar refractivity (Wildman–Crippen MR) is 120 cm³/mol. The van der Waals surface area contributed by atoms with Gasteiger partial charge in [-0.25, -0.2) is 0 Å². The van der Waals surface area contributed by atoms with Crippen molar-refractivity contribution in [3.63, 3.8) is 0 Å². The zero-order valence-corrected chi connectivity index (χ0v) is 16.9. The van der Waals surface area contributed by atoms with E-state index in [1.807, 2.05) is 66.5 Å². The molecule has 0 aliphatic heterocycles. The number of allylic oxidation sites excluding steroid dienone is 2. The number of rotatable bonds is 5. The minimum absolute atomic E-state index is 0.0732. The normalized spacial score (nSPS) is 14.6. The predicted octanol–water partition coefficient (Wildman–Crippen LogP) is 3.93. The molecule has 4 aromatic rings. The van der Waals surface area contributed by atoms with E-state index in [2.05, 4.69) is 10.6 Å². The van der Waals surface area contributed by atoms with Gasteiger partial charge in [0, 0.05) is 70.1 Å². The van der Waals surface area contributed by atoms with E-state index >= 15 is 0 Å². The molecule has 1 aliphatic rings. The Morgan fingerprint density at radius 2 is 1.40 bits per heavy atom. The SMILES string of the molecule is Cn1cc(C2=C(c3cn(CCCN)c4ccccc34)C(=O)CC2=O)c2ccccc21. The summed E-state index contributed by atoms with van der Waals surface area (Å²) >= 11 is 0. The van der Waals surface area contributed by atoms with Gasteiger partial charge in [-0.1, -0.05) is 36.4 Å². The highest BCUT2D eigenvalue weighted by Crippen LogP contribution is 2.41. The van der Waals surface area contributed by atoms with Gasteiger partial charge in [-0.2, -0.15) is 0 Å². The molecule has 0 saturated heterocycles. The lowest BCUT2D eigenvalue weighted by Crippen LogP contribution is -2.04. The van der Waals surface area contributed by atoms with E-state index in [1.165, 1.54) is 0 Å². The average molecular weight is 397 g/mol. The molecule has 150 valence electrons. The third-order valence-corrected chi connectivity index (χ3v) is 5.96. The Bertz CT molecular complexity index is 1350. The Balaban J connectivity index is 1.81. The van der Waals surface area contributed by atoms with E-state index in [0.717, 1.165) is 45.9 Å². The standard InChI is InChI=1S/C25H23N3O2/c1-27-14-18(16-7-2-4-9-20(16)27)24-22(29)13-23(30)25(24)19-15-28(12-6-11-26)21-10-5-3-8-17(19)21/h2-5,7-10,14-15H,6,11-13,26H2,1H3. The first-order valence-corrected chi connectivity index (χ1v) is 10.2. The molecule has 0 bridgehead atoms. The summed E-state index contributed by atoms with van der Waals surface area (Å²) in [7, 11) is 1.96. The topological polar surface area (TPSA) is 70.0 Å². The van der Waals surface area contributed by atoms with Crippen molar-refractivity contribution < 1.29 is 9.59 Å². The Morgan fingerprint density at radius 1 is 0.833 bits per heavy atom. The molecule has 5 rings (SSSR count). The number of Topliss-reactive ketones (excluding diaryl/α,β-unsaturated/α-hetero) is 2. The number of nitrogens with zero attached hydrogens (tertiary/aromatic N) is 2. The van der Waals surface area contributed by atoms with Crippen LogP contribution in [0.5, 0.6) is 0 Å². The van der Waals surface area contributed by atoms with Gasteiger partial charge >= 0.3 is 0 Å². The van der Waals surface area contributed by atoms with Crippen LogP contribution >= 0.6 is 0 Å². The Morgan fingerprint density at radius 3 is 2.07 bits per heavy atom. The molecular formula is C25H23N3O2. The van der Waals surface area contributed by atoms with Crippen LogP contribution in [0.25, 0.3) is 33.0 Å². The number of carbonyl (C=O) groups excluding carboxylic acids is 2. The third-order valence-electron chi connectivity index (χ3n) is 5.96. The van der Waals surface area contributed by atoms with E-state index in [0.29, 0.717) is 17.7 Å². The van der Waals surface area contributed by atoms with E-state index in [4.69, 9.17) is 5.73 Å². The molecule has 0 fully saturated rings. The summed E-state index contributed by atoms with van der Waals surface area (Å²) in [5.74, 6) is -0.213. The van der Waals surface area contributed by atoms with Crippen molar-refractivity contribution in [3.8, 4) is 0 Å². The van der Waals surface area contributed by atoms with E-state index < -0.39 is 0 Å². The smallest absolute Gasteiger partial charge is 0.172 e. The Labute approximate surface area is 174 Å². The lowest BCUT2D eigenvalue weighted by molar-refractivity contribution is -0.119. The number of aromatic nitrogens is 2. The van der Waals surface area contributed by atoms with Gasteiger partial charge < -0.3 is 14.9 Å². The third kappa shape index (κ3) is 2.74. The van der Waals surface area contributed by atoms with Crippen LogP contribution in [0.2, 0.25) is 0 Å². The molecular weight excluding hydrogens is 374 g/mol. The number of para-hydroxylation sites is 2. The minimum Gasteiger partial charge on any atom is -0.350 e. The lowest BCUT2D eigenvalue weighted by atomic mass is 9.95. The molecule has 2 aromatic carbocycles. The average Bonchev–Trinajstić information content (AvgIpc) is 3.37. The first-order valence-electron chi connectivity index (χ1n) is 10.2. The molecule has 0 saturated carbocycles. The van der Waals surface area contributed by atoms with Crippen molar-refractivity contribution in [2.24, 2.45) is 12.8 Å². The van der Waals surface area contributed by atoms with Crippen LogP contribution < -0.4 is 5.73 Å². The second-order valence-electron chi connectivity index (χ2n) is 7.84. The lowest BCUT2D eigenvalue weighted by Gasteiger charge is -2.04. The fraction of sp³-hybridized carbons (Fsp3) is 0.200. The van der Waals surface area contributed by atoms with Crippen LogP contribution in [-0.2, 0) is 23.2 Å². The van der Waals surface area contributed by atoms with E-state index in [9.17, 15) is 9.59 Å². The molecule has 2 N–H and O–H groups in total. The first-order chi connectivity index (χ1) is 14.6. The van der Waals surface area contributed by atoms with Crippen LogP contribution in [0, 0.1) is 0 Å². The highest BCUT2D eigenvalue weighted by Gasteiger charge is 2.35. The van der Waals surface area contributed by atoms with Crippen molar-refractivity contribution in [1.82, 2.24) is 9.13 Å². The highest BCUT2D eigenvalue weighted by atomic mass is 16.2. The number of nitrogens with two attached hydrogens (primary N) is 1. The van der Waals surface area contributed by atoms with Gasteiger partial charge in [-0.15, -0.1) is 0 Å². The van der Waals surface area contributed by atoms with E-state index in [-0.39, 0.29) is 18.0 Å². The zero-order valence-electron chi connectivity index (χ0n) is 16.9. The molecule has 2 aromatic heterocycles. The van der Waals surface area contributed by atoms with Crippen LogP contribution in [0.15, 0.2) is 60.9 Å². The summed E-state index contributed by atoms with van der Waals surface area (Å²) in [5.41, 5.74) is 10.6. The maximum Gasteiger partial charge on any atom is 0.172 e. The second kappa shape index (κ2) is 7.11. The Hall–Kier alpha value is -3.44. The molecule has 1 aliphatic carbocycles. The maximum atomic E-state index is 13.1. The van der Waals surface area contributed by atoms with Crippen LogP contribution in [0.3, 0.4) is 0 Å². The van der Waals surface area contributed by atoms with Crippen molar-refractivity contribution in [2.45, 2.75) is 19.4 Å². The Kier molecular flexibility index (Phi) is 4.40. The zero-order chi connectivity index (χ0) is 20.8. The number of carbonyl (C=O) groups is 2. The molecule has 30 heavy (non-hydrogen) atoms. The summed E-state index contributed by atoms with van der Waals surface area (Å²) < 4.78 is 4.15. The van der Waals surface area contributed by atoms with Crippen LogP contribution in [0.1, 0.15) is 24.0 Å². The van der Waals surface area contributed by atoms with Gasteiger partial charge in [0.2, 0.25) is 0 Å². The summed E-state index contributed by atoms with van der Waals surface area (Å²) in [6.45, 7) is 1.37. The molecule has 0 atom stereocenters. The van der Waals surface area contributed by atoms with Gasteiger partial charge in [-0.05, 0) is 25.1 Å². The molecule has 0 radical (unpaired) electrons.